The van der Waals surface area contributed by atoms with Crippen LogP contribution in [-0.2, 0) is 25.6 Å². The monoisotopic (exact) mass is 361 g/mol. The maximum atomic E-state index is 11.9. The van der Waals surface area contributed by atoms with Crippen LogP contribution in [0, 0.1) is 0 Å². The topological polar surface area (TPSA) is 72.9 Å². The van der Waals surface area contributed by atoms with Gasteiger partial charge in [-0.3, -0.25) is 9.59 Å². The zero-order chi connectivity index (χ0) is 18.8. The first-order chi connectivity index (χ1) is 12.6. The molecule has 6 heteroatoms. The average molecular weight is 361 g/mol. The molecule has 0 aliphatic carbocycles. The number of amides is 2. The summed E-state index contributed by atoms with van der Waals surface area (Å²) in [6, 6.07) is 7.19. The van der Waals surface area contributed by atoms with Gasteiger partial charge >= 0.3 is 5.97 Å². The van der Waals surface area contributed by atoms with Gasteiger partial charge in [-0.15, -0.1) is 5.06 Å². The minimum absolute atomic E-state index is 0.00519. The Morgan fingerprint density at radius 1 is 0.962 bits per heavy atom. The third-order valence-electron chi connectivity index (χ3n) is 4.24. The fourth-order valence-electron chi connectivity index (χ4n) is 2.73. The summed E-state index contributed by atoms with van der Waals surface area (Å²) in [6.07, 6.45) is 7.48. The van der Waals surface area contributed by atoms with Gasteiger partial charge in [-0.2, -0.15) is 0 Å². The van der Waals surface area contributed by atoms with Crippen molar-refractivity contribution >= 4 is 17.8 Å². The highest BCUT2D eigenvalue weighted by atomic mass is 16.7. The second-order valence-electron chi connectivity index (χ2n) is 6.48. The summed E-state index contributed by atoms with van der Waals surface area (Å²) in [5.74, 6) is -0.807. The number of nitrogens with zero attached hydrogens (tertiary/aromatic N) is 1. The number of benzene rings is 1. The minimum atomic E-state index is -0.630. The van der Waals surface area contributed by atoms with E-state index >= 15 is 0 Å². The molecule has 26 heavy (non-hydrogen) atoms. The summed E-state index contributed by atoms with van der Waals surface area (Å²) in [5, 5.41) is 0.570. The molecule has 1 aromatic rings. The third-order valence-corrected chi connectivity index (χ3v) is 4.24. The van der Waals surface area contributed by atoms with Crippen molar-refractivity contribution in [3.8, 4) is 5.75 Å². The SMILES string of the molecule is CCCCCCCCOc1ccc(CC(=O)ON2C(=O)CCC2=O)cc1. The van der Waals surface area contributed by atoms with Crippen molar-refractivity contribution in [3.05, 3.63) is 29.8 Å². The van der Waals surface area contributed by atoms with Crippen LogP contribution in [0.15, 0.2) is 24.3 Å². The van der Waals surface area contributed by atoms with Gasteiger partial charge in [0.05, 0.1) is 13.0 Å². The molecule has 1 saturated heterocycles. The van der Waals surface area contributed by atoms with E-state index in [1.807, 2.05) is 12.1 Å². The zero-order valence-electron chi connectivity index (χ0n) is 15.4. The number of hydrogen-bond acceptors (Lipinski definition) is 5. The molecule has 2 amide bonds. The molecule has 0 spiro atoms. The summed E-state index contributed by atoms with van der Waals surface area (Å²) in [6.45, 7) is 2.89. The normalized spacial score (nSPS) is 14.0. The van der Waals surface area contributed by atoms with Gasteiger partial charge in [-0.05, 0) is 24.1 Å². The Balaban J connectivity index is 1.67. The molecule has 2 rings (SSSR count). The number of rotatable bonds is 11. The van der Waals surface area contributed by atoms with Crippen LogP contribution in [0.5, 0.6) is 5.75 Å². The highest BCUT2D eigenvalue weighted by Gasteiger charge is 2.32. The fourth-order valence-corrected chi connectivity index (χ4v) is 2.73. The molecular formula is C20H27NO5. The molecule has 0 saturated carbocycles. The van der Waals surface area contributed by atoms with Gasteiger partial charge in [0.25, 0.3) is 11.8 Å². The molecule has 0 radical (unpaired) electrons. The van der Waals surface area contributed by atoms with E-state index in [0.29, 0.717) is 11.7 Å². The van der Waals surface area contributed by atoms with Gasteiger partial charge in [-0.25, -0.2) is 4.79 Å². The molecule has 0 atom stereocenters. The number of unbranched alkanes of at least 4 members (excludes halogenated alkanes) is 5. The predicted molar refractivity (Wildman–Crippen MR) is 96.2 cm³/mol. The molecule has 0 aromatic heterocycles. The van der Waals surface area contributed by atoms with Gasteiger partial charge in [0.15, 0.2) is 0 Å². The second-order valence-corrected chi connectivity index (χ2v) is 6.48. The summed E-state index contributed by atoms with van der Waals surface area (Å²) in [7, 11) is 0. The van der Waals surface area contributed by atoms with Crippen molar-refractivity contribution in [3.63, 3.8) is 0 Å². The van der Waals surface area contributed by atoms with E-state index in [0.717, 1.165) is 17.7 Å². The largest absolute Gasteiger partial charge is 0.494 e. The Kier molecular flexibility index (Phi) is 8.12. The molecule has 6 nitrogen and oxygen atoms in total. The van der Waals surface area contributed by atoms with Crippen LogP contribution < -0.4 is 4.74 Å². The molecule has 0 bridgehead atoms. The van der Waals surface area contributed by atoms with E-state index in [2.05, 4.69) is 6.92 Å². The quantitative estimate of drug-likeness (QED) is 0.445. The lowest BCUT2D eigenvalue weighted by atomic mass is 10.1. The molecule has 1 heterocycles. The number of hydrogen-bond donors (Lipinski definition) is 0. The van der Waals surface area contributed by atoms with Crippen molar-refractivity contribution in [1.29, 1.82) is 0 Å². The Bertz CT molecular complexity index is 595. The van der Waals surface area contributed by atoms with Crippen molar-refractivity contribution in [2.45, 2.75) is 64.7 Å². The summed E-state index contributed by atoms with van der Waals surface area (Å²) in [5.41, 5.74) is 0.737. The lowest BCUT2D eigenvalue weighted by Gasteiger charge is -2.12. The zero-order valence-corrected chi connectivity index (χ0v) is 15.4. The maximum absolute atomic E-state index is 11.9. The van der Waals surface area contributed by atoms with Gasteiger partial charge in [0.2, 0.25) is 0 Å². The van der Waals surface area contributed by atoms with Gasteiger partial charge in [0, 0.05) is 12.8 Å². The van der Waals surface area contributed by atoms with Gasteiger partial charge in [0.1, 0.15) is 5.75 Å². The standard InChI is InChI=1S/C20H27NO5/c1-2-3-4-5-6-7-14-25-17-10-8-16(9-11-17)15-20(24)26-21-18(22)12-13-19(21)23/h8-11H,2-7,12-15H2,1H3. The summed E-state index contributed by atoms with van der Waals surface area (Å²) in [4.78, 5) is 39.6. The van der Waals surface area contributed by atoms with Crippen molar-refractivity contribution in [2.24, 2.45) is 0 Å². The van der Waals surface area contributed by atoms with E-state index in [9.17, 15) is 14.4 Å². The molecule has 142 valence electrons. The van der Waals surface area contributed by atoms with Crippen LogP contribution >= 0.6 is 0 Å². The van der Waals surface area contributed by atoms with Crippen LogP contribution in [-0.4, -0.2) is 29.5 Å². The molecule has 1 aromatic carbocycles. The number of hydroxylamine groups is 2. The van der Waals surface area contributed by atoms with Crippen LogP contribution in [0.4, 0.5) is 0 Å². The second kappa shape index (κ2) is 10.6. The minimum Gasteiger partial charge on any atom is -0.494 e. The van der Waals surface area contributed by atoms with Gasteiger partial charge < -0.3 is 9.57 Å². The van der Waals surface area contributed by atoms with Crippen molar-refractivity contribution in [1.82, 2.24) is 5.06 Å². The molecule has 1 aliphatic heterocycles. The van der Waals surface area contributed by atoms with Crippen molar-refractivity contribution in [2.75, 3.05) is 6.61 Å². The number of carbonyl (C=O) groups is 3. The molecule has 0 N–H and O–H groups in total. The first-order valence-electron chi connectivity index (χ1n) is 9.38. The van der Waals surface area contributed by atoms with Crippen molar-refractivity contribution < 1.29 is 24.0 Å². The first kappa shape index (κ1) is 19.9. The Morgan fingerprint density at radius 2 is 1.58 bits per heavy atom. The van der Waals surface area contributed by atoms with E-state index in [-0.39, 0.29) is 19.3 Å². The predicted octanol–water partition coefficient (Wildman–Crippen LogP) is 3.58. The molecular weight excluding hydrogens is 334 g/mol. The Morgan fingerprint density at radius 3 is 2.23 bits per heavy atom. The summed E-state index contributed by atoms with van der Waals surface area (Å²) >= 11 is 0. The first-order valence-corrected chi connectivity index (χ1v) is 9.38. The number of carbonyl (C=O) groups excluding carboxylic acids is 3. The number of ether oxygens (including phenoxy) is 1. The smallest absolute Gasteiger partial charge is 0.337 e. The molecule has 0 unspecified atom stereocenters. The van der Waals surface area contributed by atoms with Gasteiger partial charge in [-0.1, -0.05) is 51.2 Å². The number of imide groups is 1. The lowest BCUT2D eigenvalue weighted by Crippen LogP contribution is -2.32. The van der Waals surface area contributed by atoms with E-state index in [1.54, 1.807) is 12.1 Å². The van der Waals surface area contributed by atoms with Crippen LogP contribution in [0.2, 0.25) is 0 Å². The van der Waals surface area contributed by atoms with Crippen LogP contribution in [0.3, 0.4) is 0 Å². The fraction of sp³-hybridized carbons (Fsp3) is 0.550. The summed E-state index contributed by atoms with van der Waals surface area (Å²) < 4.78 is 5.69. The maximum Gasteiger partial charge on any atom is 0.337 e. The van der Waals surface area contributed by atoms with E-state index < -0.39 is 17.8 Å². The Labute approximate surface area is 154 Å². The average Bonchev–Trinajstić information content (AvgIpc) is 2.94. The Hall–Kier alpha value is -2.37. The van der Waals surface area contributed by atoms with E-state index in [4.69, 9.17) is 9.57 Å². The highest BCUT2D eigenvalue weighted by molar-refractivity contribution is 6.01. The lowest BCUT2D eigenvalue weighted by molar-refractivity contribution is -0.197. The van der Waals surface area contributed by atoms with Crippen LogP contribution in [0.25, 0.3) is 0 Å². The molecule has 1 fully saturated rings. The molecule has 1 aliphatic rings. The highest BCUT2D eigenvalue weighted by Crippen LogP contribution is 2.16. The van der Waals surface area contributed by atoms with E-state index in [1.165, 1.54) is 32.1 Å². The third kappa shape index (κ3) is 6.50. The van der Waals surface area contributed by atoms with Crippen LogP contribution in [0.1, 0.15) is 63.9 Å².